The fourth-order valence-electron chi connectivity index (χ4n) is 0.692. The number of pyridine rings is 1. The van der Waals surface area contributed by atoms with Crippen LogP contribution in [0, 0.1) is 0 Å². The molecule has 0 fully saturated rings. The zero-order chi connectivity index (χ0) is 8.27. The van der Waals surface area contributed by atoms with Gasteiger partial charge in [0, 0.05) is 11.9 Å². The van der Waals surface area contributed by atoms with Crippen molar-refractivity contribution in [3.63, 3.8) is 0 Å². The molecule has 1 rings (SSSR count). The van der Waals surface area contributed by atoms with Crippen LogP contribution in [0.25, 0.3) is 0 Å². The maximum Gasteiger partial charge on any atom is 0.146 e. The Morgan fingerprint density at radius 1 is 1.64 bits per heavy atom. The maximum atomic E-state index is 5.61. The van der Waals surface area contributed by atoms with Gasteiger partial charge in [-0.05, 0) is 19.1 Å². The molecule has 0 spiro atoms. The normalized spacial score (nSPS) is 9.27. The molecule has 1 heterocycles. The Labute approximate surface area is 66.1 Å². The van der Waals surface area contributed by atoms with Crippen LogP contribution < -0.4 is 10.9 Å². The molecule has 3 nitrogen and oxygen atoms in total. The lowest BCUT2D eigenvalue weighted by molar-refractivity contribution is 0.966. The van der Waals surface area contributed by atoms with Crippen LogP contribution in [0.4, 0.5) is 5.82 Å². The number of hydrogen-bond acceptors (Lipinski definition) is 3. The summed E-state index contributed by atoms with van der Waals surface area (Å²) in [5.41, 5.74) is 0.767. The molecule has 2 N–H and O–H groups in total. The molecule has 0 unspecified atom stereocenters. The van der Waals surface area contributed by atoms with E-state index in [9.17, 15) is 0 Å². The van der Waals surface area contributed by atoms with Crippen LogP contribution in [-0.2, 0) is 0 Å². The summed E-state index contributed by atoms with van der Waals surface area (Å²) < 4.78 is 0. The van der Waals surface area contributed by atoms with Crippen molar-refractivity contribution in [1.29, 1.82) is 0 Å². The van der Waals surface area contributed by atoms with Gasteiger partial charge in [0.15, 0.2) is 0 Å². The molecule has 0 aliphatic carbocycles. The molecule has 0 atom stereocenters. The van der Waals surface area contributed by atoms with Crippen molar-refractivity contribution in [2.24, 2.45) is 5.84 Å². The van der Waals surface area contributed by atoms with E-state index in [0.29, 0.717) is 5.82 Å². The molecule has 3 heteroatoms. The quantitative estimate of drug-likeness (QED) is 0.509. The Morgan fingerprint density at radius 2 is 2.36 bits per heavy atom. The van der Waals surface area contributed by atoms with E-state index in [0.717, 1.165) is 5.70 Å². The van der Waals surface area contributed by atoms with Crippen molar-refractivity contribution >= 4 is 5.82 Å². The zero-order valence-electron chi connectivity index (χ0n) is 6.49. The highest BCUT2D eigenvalue weighted by molar-refractivity contribution is 5.41. The second kappa shape index (κ2) is 3.16. The van der Waals surface area contributed by atoms with Crippen molar-refractivity contribution in [3.05, 3.63) is 36.7 Å². The van der Waals surface area contributed by atoms with Crippen LogP contribution in [-0.4, -0.2) is 4.98 Å². The lowest BCUT2D eigenvalue weighted by Crippen LogP contribution is -2.28. The summed E-state index contributed by atoms with van der Waals surface area (Å²) in [5, 5.41) is 1.44. The van der Waals surface area contributed by atoms with Gasteiger partial charge in [0.1, 0.15) is 5.82 Å². The minimum absolute atomic E-state index is 0.708. The van der Waals surface area contributed by atoms with Crippen LogP contribution in [0.2, 0.25) is 0 Å². The van der Waals surface area contributed by atoms with Gasteiger partial charge in [-0.3, -0.25) is 5.01 Å². The molecule has 0 saturated carbocycles. The van der Waals surface area contributed by atoms with E-state index < -0.39 is 0 Å². The van der Waals surface area contributed by atoms with Gasteiger partial charge in [-0.1, -0.05) is 12.6 Å². The topological polar surface area (TPSA) is 42.1 Å². The Morgan fingerprint density at radius 3 is 2.82 bits per heavy atom. The number of nitrogens with zero attached hydrogens (tertiary/aromatic N) is 2. The largest absolute Gasteiger partial charge is 0.267 e. The number of hydrazine groups is 1. The molecule has 1 aromatic rings. The standard InChI is InChI=1S/C8H11N3/c1-7(2)11(9)8-5-3-4-6-10-8/h3-6H,1,9H2,2H3. The molecule has 0 amide bonds. The molecule has 0 radical (unpaired) electrons. The Bertz CT molecular complexity index is 243. The highest BCUT2D eigenvalue weighted by Crippen LogP contribution is 2.08. The first kappa shape index (κ1) is 7.75. The molecule has 0 aliphatic heterocycles. The number of hydrogen-bond donors (Lipinski definition) is 1. The third kappa shape index (κ3) is 1.78. The van der Waals surface area contributed by atoms with Gasteiger partial charge in [0.05, 0.1) is 0 Å². The fraction of sp³-hybridized carbons (Fsp3) is 0.125. The third-order valence-corrected chi connectivity index (χ3v) is 1.31. The van der Waals surface area contributed by atoms with Crippen molar-refractivity contribution in [3.8, 4) is 0 Å². The Hall–Kier alpha value is -1.35. The van der Waals surface area contributed by atoms with E-state index in [4.69, 9.17) is 5.84 Å². The minimum atomic E-state index is 0.708. The van der Waals surface area contributed by atoms with E-state index in [-0.39, 0.29) is 0 Å². The van der Waals surface area contributed by atoms with E-state index in [1.165, 1.54) is 5.01 Å². The number of rotatable bonds is 2. The van der Waals surface area contributed by atoms with Crippen LogP contribution in [0.3, 0.4) is 0 Å². The summed E-state index contributed by atoms with van der Waals surface area (Å²) in [4.78, 5) is 4.04. The monoisotopic (exact) mass is 149 g/mol. The summed E-state index contributed by atoms with van der Waals surface area (Å²) in [6.07, 6.45) is 1.69. The smallest absolute Gasteiger partial charge is 0.146 e. The molecule has 0 saturated heterocycles. The molecule has 11 heavy (non-hydrogen) atoms. The zero-order valence-corrected chi connectivity index (χ0v) is 6.49. The number of anilines is 1. The predicted molar refractivity (Wildman–Crippen MR) is 45.7 cm³/mol. The second-order valence-electron chi connectivity index (χ2n) is 2.29. The van der Waals surface area contributed by atoms with Gasteiger partial charge in [-0.15, -0.1) is 0 Å². The van der Waals surface area contributed by atoms with Gasteiger partial charge < -0.3 is 0 Å². The molecular weight excluding hydrogens is 138 g/mol. The van der Waals surface area contributed by atoms with Gasteiger partial charge >= 0.3 is 0 Å². The molecular formula is C8H11N3. The van der Waals surface area contributed by atoms with Crippen LogP contribution in [0.5, 0.6) is 0 Å². The van der Waals surface area contributed by atoms with Gasteiger partial charge in [-0.2, -0.15) is 0 Å². The van der Waals surface area contributed by atoms with Crippen LogP contribution >= 0.6 is 0 Å². The Balaban J connectivity index is 2.85. The van der Waals surface area contributed by atoms with E-state index in [1.54, 1.807) is 6.20 Å². The lowest BCUT2D eigenvalue weighted by atomic mass is 10.4. The fourth-order valence-corrected chi connectivity index (χ4v) is 0.692. The van der Waals surface area contributed by atoms with Crippen molar-refractivity contribution in [2.45, 2.75) is 6.92 Å². The van der Waals surface area contributed by atoms with Crippen molar-refractivity contribution in [1.82, 2.24) is 4.98 Å². The third-order valence-electron chi connectivity index (χ3n) is 1.31. The summed E-state index contributed by atoms with van der Waals surface area (Å²) in [6.45, 7) is 5.52. The lowest BCUT2D eigenvalue weighted by Gasteiger charge is -2.15. The highest BCUT2D eigenvalue weighted by atomic mass is 15.4. The summed E-state index contributed by atoms with van der Waals surface area (Å²) in [7, 11) is 0. The minimum Gasteiger partial charge on any atom is -0.267 e. The first-order valence-electron chi connectivity index (χ1n) is 3.33. The Kier molecular flexibility index (Phi) is 2.23. The molecule has 0 bridgehead atoms. The van der Waals surface area contributed by atoms with Crippen molar-refractivity contribution < 1.29 is 0 Å². The van der Waals surface area contributed by atoms with Crippen molar-refractivity contribution in [2.75, 3.05) is 5.01 Å². The van der Waals surface area contributed by atoms with Gasteiger partial charge in [0.2, 0.25) is 0 Å². The molecule has 0 aliphatic rings. The van der Waals surface area contributed by atoms with Crippen LogP contribution in [0.15, 0.2) is 36.7 Å². The number of nitrogens with two attached hydrogens (primary N) is 1. The van der Waals surface area contributed by atoms with E-state index in [2.05, 4.69) is 11.6 Å². The first-order valence-corrected chi connectivity index (χ1v) is 3.33. The van der Waals surface area contributed by atoms with Gasteiger partial charge in [-0.25, -0.2) is 10.8 Å². The van der Waals surface area contributed by atoms with Gasteiger partial charge in [0.25, 0.3) is 0 Å². The summed E-state index contributed by atoms with van der Waals surface area (Å²) in [6, 6.07) is 5.55. The van der Waals surface area contributed by atoms with Crippen LogP contribution in [0.1, 0.15) is 6.92 Å². The first-order chi connectivity index (χ1) is 5.22. The number of allylic oxidation sites excluding steroid dienone is 1. The molecule has 58 valence electrons. The second-order valence-corrected chi connectivity index (χ2v) is 2.29. The highest BCUT2D eigenvalue weighted by Gasteiger charge is 1.99. The molecule has 0 aromatic carbocycles. The number of aromatic nitrogens is 1. The van der Waals surface area contributed by atoms with E-state index in [1.807, 2.05) is 25.1 Å². The summed E-state index contributed by atoms with van der Waals surface area (Å²) >= 11 is 0. The predicted octanol–water partition coefficient (Wildman–Crippen LogP) is 1.30. The van der Waals surface area contributed by atoms with E-state index >= 15 is 0 Å². The summed E-state index contributed by atoms with van der Waals surface area (Å²) in [5.74, 6) is 6.32. The average Bonchev–Trinajstić information content (AvgIpc) is 2.05. The average molecular weight is 149 g/mol. The molecule has 1 aromatic heterocycles. The maximum absolute atomic E-state index is 5.61. The SMILES string of the molecule is C=C(C)N(N)c1ccccn1.